The quantitative estimate of drug-likeness (QED) is 0.406. The first kappa shape index (κ1) is 22.9. The van der Waals surface area contributed by atoms with E-state index < -0.39 is 17.7 Å². The van der Waals surface area contributed by atoms with Crippen molar-refractivity contribution >= 4 is 17.7 Å². The molecule has 4 nitrogen and oxygen atoms in total. The first-order valence-corrected chi connectivity index (χ1v) is 10.6. The van der Waals surface area contributed by atoms with Crippen LogP contribution in [0.3, 0.4) is 0 Å². The zero-order valence-electron chi connectivity index (χ0n) is 17.3. The van der Waals surface area contributed by atoms with E-state index in [2.05, 4.69) is 4.98 Å². The number of thioether (sulfide) groups is 1. The lowest BCUT2D eigenvalue weighted by Gasteiger charge is -2.12. The van der Waals surface area contributed by atoms with Crippen molar-refractivity contribution in [2.24, 2.45) is 0 Å². The minimum absolute atomic E-state index is 0.0229. The third-order valence-electron chi connectivity index (χ3n) is 4.86. The third-order valence-corrected chi connectivity index (χ3v) is 5.95. The zero-order chi connectivity index (χ0) is 22.8. The average Bonchev–Trinajstić information content (AvgIpc) is 3.14. The lowest BCUT2D eigenvalue weighted by molar-refractivity contribution is -0.138. The minimum atomic E-state index is -4.39. The summed E-state index contributed by atoms with van der Waals surface area (Å²) >= 11 is 1.55. The van der Waals surface area contributed by atoms with Gasteiger partial charge in [0.05, 0.1) is 22.9 Å². The van der Waals surface area contributed by atoms with Crippen LogP contribution in [0.1, 0.15) is 47.2 Å². The number of aliphatic carboxylic acids is 1. The van der Waals surface area contributed by atoms with Crippen LogP contribution in [0.2, 0.25) is 0 Å². The van der Waals surface area contributed by atoms with E-state index >= 15 is 0 Å². The van der Waals surface area contributed by atoms with E-state index in [0.717, 1.165) is 33.8 Å². The number of rotatable bonds is 7. The number of aromatic nitrogens is 1. The summed E-state index contributed by atoms with van der Waals surface area (Å²) in [5.41, 5.74) is 2.19. The van der Waals surface area contributed by atoms with Gasteiger partial charge in [0.15, 0.2) is 0 Å². The molecule has 1 aromatic heterocycles. The maximum absolute atomic E-state index is 12.8. The van der Waals surface area contributed by atoms with Gasteiger partial charge in [0.25, 0.3) is 0 Å². The SMILES string of the molecule is CCc1nc(-c2ccc(C(F)(F)F)cc2)oc1C(C)Sc1ccc(CC(=O)O)c(C)c1. The molecule has 0 aliphatic carbocycles. The number of hydrogen-bond donors (Lipinski definition) is 1. The Bertz CT molecular complexity index is 1070. The van der Waals surface area contributed by atoms with E-state index in [0.29, 0.717) is 23.6 Å². The van der Waals surface area contributed by atoms with Crippen LogP contribution >= 0.6 is 11.8 Å². The fourth-order valence-corrected chi connectivity index (χ4v) is 4.31. The molecule has 1 atom stereocenters. The molecule has 164 valence electrons. The van der Waals surface area contributed by atoms with Gasteiger partial charge in [0, 0.05) is 10.5 Å². The Morgan fingerprint density at radius 2 is 1.87 bits per heavy atom. The Balaban J connectivity index is 1.82. The van der Waals surface area contributed by atoms with Gasteiger partial charge in [-0.1, -0.05) is 13.0 Å². The molecular formula is C23H22F3NO3S. The molecule has 31 heavy (non-hydrogen) atoms. The molecule has 0 saturated carbocycles. The molecule has 3 rings (SSSR count). The highest BCUT2D eigenvalue weighted by Crippen LogP contribution is 2.39. The molecule has 0 aliphatic rings. The van der Waals surface area contributed by atoms with Crippen molar-refractivity contribution in [2.75, 3.05) is 0 Å². The third kappa shape index (κ3) is 5.50. The summed E-state index contributed by atoms with van der Waals surface area (Å²) < 4.78 is 44.4. The topological polar surface area (TPSA) is 63.3 Å². The van der Waals surface area contributed by atoms with Crippen molar-refractivity contribution in [2.45, 2.75) is 49.9 Å². The number of oxazole rings is 1. The Hall–Kier alpha value is -2.74. The smallest absolute Gasteiger partial charge is 0.416 e. The Labute approximate surface area is 182 Å². The summed E-state index contributed by atoms with van der Waals surface area (Å²) in [5, 5.41) is 8.90. The fourth-order valence-electron chi connectivity index (χ4n) is 3.22. The van der Waals surface area contributed by atoms with E-state index in [1.165, 1.54) is 12.1 Å². The van der Waals surface area contributed by atoms with Gasteiger partial charge in [-0.2, -0.15) is 13.2 Å². The number of alkyl halides is 3. The monoisotopic (exact) mass is 449 g/mol. The number of carbonyl (C=O) groups is 1. The zero-order valence-corrected chi connectivity index (χ0v) is 18.1. The van der Waals surface area contributed by atoms with Crippen molar-refractivity contribution < 1.29 is 27.5 Å². The van der Waals surface area contributed by atoms with Gasteiger partial charge < -0.3 is 9.52 Å². The van der Waals surface area contributed by atoms with Gasteiger partial charge in [-0.25, -0.2) is 4.98 Å². The molecule has 2 aromatic carbocycles. The van der Waals surface area contributed by atoms with E-state index in [1.807, 2.05) is 39.0 Å². The van der Waals surface area contributed by atoms with Crippen LogP contribution in [0.25, 0.3) is 11.5 Å². The summed E-state index contributed by atoms with van der Waals surface area (Å²) in [5.74, 6) is 0.0950. The number of aryl methyl sites for hydroxylation is 2. The highest BCUT2D eigenvalue weighted by Gasteiger charge is 2.30. The molecule has 0 amide bonds. The standard InChI is InChI=1S/C23H22F3NO3S/c1-4-19-21(14(3)31-18-10-7-16(12-20(28)29)13(2)11-18)30-22(27-19)15-5-8-17(9-6-15)23(24,25)26/h5-11,14H,4,12H2,1-3H3,(H,28,29). The summed E-state index contributed by atoms with van der Waals surface area (Å²) in [7, 11) is 0. The second-order valence-corrected chi connectivity index (χ2v) is 8.59. The summed E-state index contributed by atoms with van der Waals surface area (Å²) in [6, 6.07) is 10.4. The Morgan fingerprint density at radius 1 is 1.19 bits per heavy atom. The second kappa shape index (κ2) is 9.18. The van der Waals surface area contributed by atoms with E-state index in [-0.39, 0.29) is 11.7 Å². The predicted molar refractivity (Wildman–Crippen MR) is 113 cm³/mol. The van der Waals surface area contributed by atoms with Gasteiger partial charge in [0.2, 0.25) is 5.89 Å². The molecular weight excluding hydrogens is 427 g/mol. The molecule has 8 heteroatoms. The van der Waals surface area contributed by atoms with Gasteiger partial charge in [0.1, 0.15) is 5.76 Å². The van der Waals surface area contributed by atoms with Crippen molar-refractivity contribution in [3.63, 3.8) is 0 Å². The predicted octanol–water partition coefficient (Wildman–Crippen LogP) is 6.71. The molecule has 3 aromatic rings. The van der Waals surface area contributed by atoms with Crippen LogP contribution in [0.5, 0.6) is 0 Å². The van der Waals surface area contributed by atoms with Crippen LogP contribution in [-0.4, -0.2) is 16.1 Å². The minimum Gasteiger partial charge on any atom is -0.481 e. The fraction of sp³-hybridized carbons (Fsp3) is 0.304. The number of hydrogen-bond acceptors (Lipinski definition) is 4. The van der Waals surface area contributed by atoms with Gasteiger partial charge in [-0.05, 0) is 67.8 Å². The molecule has 0 aliphatic heterocycles. The van der Waals surface area contributed by atoms with Gasteiger partial charge in [-0.15, -0.1) is 11.8 Å². The van der Waals surface area contributed by atoms with Crippen LogP contribution in [0.4, 0.5) is 13.2 Å². The van der Waals surface area contributed by atoms with Crippen LogP contribution < -0.4 is 0 Å². The summed E-state index contributed by atoms with van der Waals surface area (Å²) in [6.45, 7) is 5.79. The number of carboxylic acid groups (broad SMARTS) is 1. The first-order chi connectivity index (χ1) is 14.6. The maximum Gasteiger partial charge on any atom is 0.416 e. The highest BCUT2D eigenvalue weighted by molar-refractivity contribution is 7.99. The van der Waals surface area contributed by atoms with Crippen molar-refractivity contribution in [1.82, 2.24) is 4.98 Å². The first-order valence-electron chi connectivity index (χ1n) is 9.73. The summed E-state index contributed by atoms with van der Waals surface area (Å²) in [4.78, 5) is 16.4. The Kier molecular flexibility index (Phi) is 6.79. The van der Waals surface area contributed by atoms with Crippen molar-refractivity contribution in [3.8, 4) is 11.5 Å². The number of nitrogens with zero attached hydrogens (tertiary/aromatic N) is 1. The lowest BCUT2D eigenvalue weighted by atomic mass is 10.1. The number of carboxylic acids is 1. The van der Waals surface area contributed by atoms with Crippen LogP contribution in [0, 0.1) is 6.92 Å². The van der Waals surface area contributed by atoms with E-state index in [4.69, 9.17) is 9.52 Å². The molecule has 1 heterocycles. The molecule has 1 unspecified atom stereocenters. The normalized spacial score (nSPS) is 12.7. The highest BCUT2D eigenvalue weighted by atomic mass is 32.2. The molecule has 0 saturated heterocycles. The molecule has 0 radical (unpaired) electrons. The Morgan fingerprint density at radius 3 is 2.42 bits per heavy atom. The molecule has 0 fully saturated rings. The molecule has 0 bridgehead atoms. The van der Waals surface area contributed by atoms with Crippen LogP contribution in [-0.2, 0) is 23.8 Å². The molecule has 1 N–H and O–H groups in total. The van der Waals surface area contributed by atoms with E-state index in [9.17, 15) is 18.0 Å². The average molecular weight is 449 g/mol. The van der Waals surface area contributed by atoms with Gasteiger partial charge in [-0.3, -0.25) is 4.79 Å². The summed E-state index contributed by atoms with van der Waals surface area (Å²) in [6.07, 6.45) is -3.79. The van der Waals surface area contributed by atoms with E-state index in [1.54, 1.807) is 11.8 Å². The number of halogens is 3. The van der Waals surface area contributed by atoms with Crippen molar-refractivity contribution in [1.29, 1.82) is 0 Å². The maximum atomic E-state index is 12.8. The number of benzene rings is 2. The van der Waals surface area contributed by atoms with Crippen LogP contribution in [0.15, 0.2) is 51.8 Å². The largest absolute Gasteiger partial charge is 0.481 e. The van der Waals surface area contributed by atoms with Gasteiger partial charge >= 0.3 is 12.1 Å². The van der Waals surface area contributed by atoms with Crippen molar-refractivity contribution in [3.05, 3.63) is 70.6 Å². The second-order valence-electron chi connectivity index (χ2n) is 7.18. The lowest BCUT2D eigenvalue weighted by Crippen LogP contribution is -2.03. The molecule has 0 spiro atoms.